The zero-order valence-corrected chi connectivity index (χ0v) is 11.8. The van der Waals surface area contributed by atoms with E-state index in [2.05, 4.69) is 5.32 Å². The molecular formula is C17H20N2O. The predicted octanol–water partition coefficient (Wildman–Crippen LogP) is 2.87. The van der Waals surface area contributed by atoms with E-state index in [1.807, 2.05) is 68.4 Å². The minimum absolute atomic E-state index is 0.0570. The van der Waals surface area contributed by atoms with Crippen molar-refractivity contribution in [3.05, 3.63) is 71.3 Å². The van der Waals surface area contributed by atoms with Crippen LogP contribution < -0.4 is 11.1 Å². The number of carbonyl (C=O) groups excluding carboxylic acids is 1. The molecule has 3 nitrogen and oxygen atoms in total. The van der Waals surface area contributed by atoms with E-state index in [-0.39, 0.29) is 11.9 Å². The summed E-state index contributed by atoms with van der Waals surface area (Å²) in [5, 5.41) is 2.97. The Balaban J connectivity index is 2.07. The van der Waals surface area contributed by atoms with Crippen LogP contribution in [0, 0.1) is 6.92 Å². The molecule has 0 bridgehead atoms. The summed E-state index contributed by atoms with van der Waals surface area (Å²) in [5.74, 6) is -0.160. The van der Waals surface area contributed by atoms with E-state index in [0.717, 1.165) is 16.7 Å². The quantitative estimate of drug-likeness (QED) is 0.896. The van der Waals surface area contributed by atoms with Crippen molar-refractivity contribution >= 4 is 5.91 Å². The molecule has 2 aromatic rings. The Morgan fingerprint density at radius 2 is 1.65 bits per heavy atom. The van der Waals surface area contributed by atoms with Gasteiger partial charge in [-0.05, 0) is 30.5 Å². The first kappa shape index (κ1) is 14.3. The van der Waals surface area contributed by atoms with Crippen molar-refractivity contribution in [2.75, 3.05) is 0 Å². The topological polar surface area (TPSA) is 55.1 Å². The molecule has 1 amide bonds. The predicted molar refractivity (Wildman–Crippen MR) is 81.1 cm³/mol. The second-order valence-corrected chi connectivity index (χ2v) is 4.98. The van der Waals surface area contributed by atoms with Gasteiger partial charge in [0, 0.05) is 0 Å². The van der Waals surface area contributed by atoms with Crippen molar-refractivity contribution in [1.29, 1.82) is 0 Å². The van der Waals surface area contributed by atoms with Crippen molar-refractivity contribution in [2.24, 2.45) is 5.73 Å². The molecule has 0 saturated carbocycles. The molecule has 0 aliphatic heterocycles. The third-order valence-electron chi connectivity index (χ3n) is 3.45. The van der Waals surface area contributed by atoms with Gasteiger partial charge in [0.15, 0.2) is 0 Å². The zero-order valence-electron chi connectivity index (χ0n) is 11.8. The van der Waals surface area contributed by atoms with Crippen molar-refractivity contribution in [3.63, 3.8) is 0 Å². The third-order valence-corrected chi connectivity index (χ3v) is 3.45. The highest BCUT2D eigenvalue weighted by Gasteiger charge is 2.18. The summed E-state index contributed by atoms with van der Waals surface area (Å²) in [4.78, 5) is 12.2. The molecule has 2 rings (SSSR count). The summed E-state index contributed by atoms with van der Waals surface area (Å²) in [6, 6.07) is 16.7. The highest BCUT2D eigenvalue weighted by molar-refractivity contribution is 5.83. The number of amides is 1. The molecule has 0 aliphatic carbocycles. The largest absolute Gasteiger partial charge is 0.348 e. The van der Waals surface area contributed by atoms with Gasteiger partial charge in [-0.1, -0.05) is 54.6 Å². The molecule has 3 N–H and O–H groups in total. The second kappa shape index (κ2) is 6.35. The number of nitrogens with one attached hydrogen (secondary N) is 1. The molecular weight excluding hydrogens is 248 g/mol. The maximum absolute atomic E-state index is 12.2. The smallest absolute Gasteiger partial charge is 0.241 e. The zero-order chi connectivity index (χ0) is 14.5. The number of hydrogen-bond acceptors (Lipinski definition) is 2. The lowest BCUT2D eigenvalue weighted by Crippen LogP contribution is -2.35. The van der Waals surface area contributed by atoms with Crippen LogP contribution in [-0.4, -0.2) is 5.91 Å². The van der Waals surface area contributed by atoms with Crippen LogP contribution in [0.1, 0.15) is 35.7 Å². The molecule has 0 saturated heterocycles. The Morgan fingerprint density at radius 3 is 2.30 bits per heavy atom. The monoisotopic (exact) mass is 268 g/mol. The van der Waals surface area contributed by atoms with Crippen LogP contribution in [0.2, 0.25) is 0 Å². The maximum Gasteiger partial charge on any atom is 0.241 e. The van der Waals surface area contributed by atoms with Crippen molar-refractivity contribution in [1.82, 2.24) is 5.32 Å². The Hall–Kier alpha value is -2.13. The number of hydrogen-bond donors (Lipinski definition) is 2. The highest BCUT2D eigenvalue weighted by Crippen LogP contribution is 2.18. The molecule has 3 heteroatoms. The molecule has 2 aromatic carbocycles. The fraction of sp³-hybridized carbons (Fsp3) is 0.235. The Morgan fingerprint density at radius 1 is 1.05 bits per heavy atom. The summed E-state index contributed by atoms with van der Waals surface area (Å²) >= 11 is 0. The van der Waals surface area contributed by atoms with E-state index >= 15 is 0 Å². The molecule has 0 spiro atoms. The van der Waals surface area contributed by atoms with Gasteiger partial charge >= 0.3 is 0 Å². The van der Waals surface area contributed by atoms with Crippen LogP contribution >= 0.6 is 0 Å². The van der Waals surface area contributed by atoms with Crippen LogP contribution in [0.5, 0.6) is 0 Å². The average Bonchev–Trinajstić information content (AvgIpc) is 2.47. The lowest BCUT2D eigenvalue weighted by Gasteiger charge is -2.19. The van der Waals surface area contributed by atoms with Gasteiger partial charge in [-0.15, -0.1) is 0 Å². The van der Waals surface area contributed by atoms with Gasteiger partial charge in [0.05, 0.1) is 6.04 Å². The summed E-state index contributed by atoms with van der Waals surface area (Å²) < 4.78 is 0. The SMILES string of the molecule is Cc1ccccc1[C@@H](C)NC(=O)[C@@H](N)c1ccccc1. The molecule has 0 fully saturated rings. The standard InChI is InChI=1S/C17H20N2O/c1-12-8-6-7-11-15(12)13(2)19-17(20)16(18)14-9-4-3-5-10-14/h3-11,13,16H,18H2,1-2H3,(H,19,20)/t13-,16+/m1/s1. The van der Waals surface area contributed by atoms with Gasteiger partial charge in [-0.25, -0.2) is 0 Å². The van der Waals surface area contributed by atoms with Gasteiger partial charge in [0.2, 0.25) is 5.91 Å². The van der Waals surface area contributed by atoms with Crippen LogP contribution in [0.4, 0.5) is 0 Å². The van der Waals surface area contributed by atoms with E-state index in [4.69, 9.17) is 5.73 Å². The summed E-state index contributed by atoms with van der Waals surface area (Å²) in [5.41, 5.74) is 9.09. The highest BCUT2D eigenvalue weighted by atomic mass is 16.2. The van der Waals surface area contributed by atoms with E-state index in [1.54, 1.807) is 0 Å². The first-order valence-corrected chi connectivity index (χ1v) is 6.76. The van der Waals surface area contributed by atoms with Gasteiger partial charge in [0.25, 0.3) is 0 Å². The number of carbonyl (C=O) groups is 1. The fourth-order valence-corrected chi connectivity index (χ4v) is 2.27. The van der Waals surface area contributed by atoms with Crippen LogP contribution in [0.25, 0.3) is 0 Å². The summed E-state index contributed by atoms with van der Waals surface area (Å²) in [6.45, 7) is 4.01. The minimum Gasteiger partial charge on any atom is -0.348 e. The average molecular weight is 268 g/mol. The molecule has 0 unspecified atom stereocenters. The molecule has 0 aromatic heterocycles. The molecule has 20 heavy (non-hydrogen) atoms. The van der Waals surface area contributed by atoms with E-state index < -0.39 is 6.04 Å². The second-order valence-electron chi connectivity index (χ2n) is 4.98. The summed E-state index contributed by atoms with van der Waals surface area (Å²) in [6.07, 6.45) is 0. The van der Waals surface area contributed by atoms with Crippen molar-refractivity contribution < 1.29 is 4.79 Å². The normalized spacial score (nSPS) is 13.6. The Bertz CT molecular complexity index is 581. The van der Waals surface area contributed by atoms with Gasteiger partial charge in [-0.3, -0.25) is 4.79 Å². The van der Waals surface area contributed by atoms with Crippen molar-refractivity contribution in [3.8, 4) is 0 Å². The van der Waals surface area contributed by atoms with Crippen LogP contribution in [0.3, 0.4) is 0 Å². The number of aryl methyl sites for hydroxylation is 1. The van der Waals surface area contributed by atoms with Crippen LogP contribution in [0.15, 0.2) is 54.6 Å². The fourth-order valence-electron chi connectivity index (χ4n) is 2.27. The summed E-state index contributed by atoms with van der Waals surface area (Å²) in [7, 11) is 0. The lowest BCUT2D eigenvalue weighted by atomic mass is 10.0. The van der Waals surface area contributed by atoms with Gasteiger partial charge < -0.3 is 11.1 Å². The number of nitrogens with two attached hydrogens (primary N) is 1. The molecule has 0 heterocycles. The lowest BCUT2D eigenvalue weighted by molar-refractivity contribution is -0.123. The maximum atomic E-state index is 12.2. The van der Waals surface area contributed by atoms with Gasteiger partial charge in [-0.2, -0.15) is 0 Å². The minimum atomic E-state index is -0.636. The first-order chi connectivity index (χ1) is 9.59. The van der Waals surface area contributed by atoms with Gasteiger partial charge in [0.1, 0.15) is 6.04 Å². The molecule has 0 radical (unpaired) electrons. The molecule has 104 valence electrons. The van der Waals surface area contributed by atoms with E-state index in [1.165, 1.54) is 0 Å². The van der Waals surface area contributed by atoms with E-state index in [0.29, 0.717) is 0 Å². The Labute approximate surface area is 119 Å². The van der Waals surface area contributed by atoms with Crippen molar-refractivity contribution in [2.45, 2.75) is 25.9 Å². The third kappa shape index (κ3) is 3.25. The van der Waals surface area contributed by atoms with E-state index in [9.17, 15) is 4.79 Å². The number of benzene rings is 2. The molecule has 2 atom stereocenters. The Kier molecular flexibility index (Phi) is 4.53. The van der Waals surface area contributed by atoms with Crippen LogP contribution in [-0.2, 0) is 4.79 Å². The first-order valence-electron chi connectivity index (χ1n) is 6.76. The molecule has 0 aliphatic rings. The number of rotatable bonds is 4.